The van der Waals surface area contributed by atoms with Crippen LogP contribution in [0.2, 0.25) is 0 Å². The van der Waals surface area contributed by atoms with Gasteiger partial charge in [0.15, 0.2) is 18.4 Å². The zero-order valence-corrected chi connectivity index (χ0v) is 30.9. The highest BCUT2D eigenvalue weighted by Crippen LogP contribution is 2.70. The molecule has 4 aliphatic carbocycles. The lowest BCUT2D eigenvalue weighted by Crippen LogP contribution is -2.64. The predicted molar refractivity (Wildman–Crippen MR) is 182 cm³/mol. The Labute approximate surface area is 301 Å². The number of rotatable bonds is 5. The van der Waals surface area contributed by atoms with Crippen molar-refractivity contribution < 1.29 is 59.1 Å². The molecule has 0 aromatic carbocycles. The van der Waals surface area contributed by atoms with Crippen LogP contribution in [-0.2, 0) is 28.4 Å². The summed E-state index contributed by atoms with van der Waals surface area (Å²) in [7, 11) is 0. The highest BCUT2D eigenvalue weighted by molar-refractivity contribution is 5.26. The largest absolute Gasteiger partial charge is 0.394 e. The van der Waals surface area contributed by atoms with E-state index in [-0.39, 0.29) is 23.0 Å². The summed E-state index contributed by atoms with van der Waals surface area (Å²) in [5.41, 5.74) is 1.75. The van der Waals surface area contributed by atoms with E-state index >= 15 is 0 Å². The van der Waals surface area contributed by atoms with Gasteiger partial charge in [0.25, 0.3) is 0 Å². The molecule has 0 aromatic rings. The molecule has 8 aliphatic rings. The first-order chi connectivity index (χ1) is 24.2. The second kappa shape index (κ2) is 13.5. The molecule has 6 N–H and O–H groups in total. The molecule has 4 heterocycles. The first-order valence-corrected chi connectivity index (χ1v) is 19.8. The van der Waals surface area contributed by atoms with E-state index in [1.165, 1.54) is 31.8 Å². The van der Waals surface area contributed by atoms with Gasteiger partial charge in [0.05, 0.1) is 31.5 Å². The molecule has 290 valence electrons. The Bertz CT molecular complexity index is 1300. The maximum absolute atomic E-state index is 11.1. The van der Waals surface area contributed by atoms with E-state index in [0.717, 1.165) is 45.1 Å². The lowest BCUT2D eigenvalue weighted by molar-refractivity contribution is -0.360. The van der Waals surface area contributed by atoms with Crippen LogP contribution < -0.4 is 0 Å². The number of aliphatic hydroxyl groups is 6. The molecule has 3 saturated carbocycles. The number of allylic oxidation sites excluding steroid dienone is 1. The van der Waals surface area contributed by atoms with Crippen LogP contribution in [0.4, 0.5) is 0 Å². The molecule has 12 nitrogen and oxygen atoms in total. The van der Waals surface area contributed by atoms with Gasteiger partial charge in [-0.1, -0.05) is 39.3 Å². The summed E-state index contributed by atoms with van der Waals surface area (Å²) in [6.45, 7) is 11.5. The number of aliphatic hydroxyl groups excluding tert-OH is 6. The smallest absolute Gasteiger partial charge is 0.187 e. The van der Waals surface area contributed by atoms with Gasteiger partial charge in [0, 0.05) is 12.3 Å². The summed E-state index contributed by atoms with van der Waals surface area (Å²) in [5.74, 6) is 2.99. The van der Waals surface area contributed by atoms with Crippen molar-refractivity contribution in [3.63, 3.8) is 0 Å². The van der Waals surface area contributed by atoms with Crippen LogP contribution in [-0.4, -0.2) is 123 Å². The first-order valence-electron chi connectivity index (χ1n) is 19.8. The fraction of sp³-hybridized carbons (Fsp3) is 0.949. The van der Waals surface area contributed by atoms with Crippen LogP contribution in [0.5, 0.6) is 0 Å². The Hall–Kier alpha value is -0.740. The van der Waals surface area contributed by atoms with Crippen molar-refractivity contribution in [3.05, 3.63) is 11.6 Å². The highest BCUT2D eigenvalue weighted by Gasteiger charge is 2.68. The second-order valence-corrected chi connectivity index (χ2v) is 18.3. The van der Waals surface area contributed by atoms with Crippen molar-refractivity contribution in [2.45, 2.75) is 172 Å². The molecule has 0 unspecified atom stereocenters. The third-order valence-corrected chi connectivity index (χ3v) is 15.6. The highest BCUT2D eigenvalue weighted by atomic mass is 16.7. The molecule has 4 saturated heterocycles. The number of hydrogen-bond acceptors (Lipinski definition) is 12. The Kier molecular flexibility index (Phi) is 9.83. The minimum Gasteiger partial charge on any atom is -0.394 e. The maximum Gasteiger partial charge on any atom is 0.187 e. The average Bonchev–Trinajstić information content (AvgIpc) is 3.56. The molecule has 4 aliphatic heterocycles. The number of ether oxygens (including phenoxy) is 6. The Morgan fingerprint density at radius 2 is 1.57 bits per heavy atom. The van der Waals surface area contributed by atoms with Crippen molar-refractivity contribution in [3.8, 4) is 0 Å². The van der Waals surface area contributed by atoms with Gasteiger partial charge in [0.1, 0.15) is 42.7 Å². The maximum atomic E-state index is 11.1. The normalized spacial score (nSPS) is 58.4. The fourth-order valence-corrected chi connectivity index (χ4v) is 12.6. The third-order valence-electron chi connectivity index (χ3n) is 15.6. The molecule has 0 radical (unpaired) electrons. The molecular weight excluding hydrogens is 660 g/mol. The fourth-order valence-electron chi connectivity index (χ4n) is 12.6. The zero-order valence-electron chi connectivity index (χ0n) is 30.9. The molecule has 51 heavy (non-hydrogen) atoms. The van der Waals surface area contributed by atoms with E-state index in [2.05, 4.69) is 33.8 Å². The third kappa shape index (κ3) is 5.84. The van der Waals surface area contributed by atoms with E-state index in [0.29, 0.717) is 35.5 Å². The summed E-state index contributed by atoms with van der Waals surface area (Å²) >= 11 is 0. The summed E-state index contributed by atoms with van der Waals surface area (Å²) < 4.78 is 37.1. The Morgan fingerprint density at radius 1 is 0.824 bits per heavy atom. The summed E-state index contributed by atoms with van der Waals surface area (Å²) in [6, 6.07) is 0. The molecule has 0 aromatic heterocycles. The van der Waals surface area contributed by atoms with Gasteiger partial charge in [-0.2, -0.15) is 0 Å². The standard InChI is InChI=1S/C39H62O12/c1-18-8-13-39(46-17-18)19(2)28-26(51-39)15-25-23-7-6-21-14-22(9-11-37(21,4)24(23)10-12-38(25,28)5)48-36-33(45)31(43)34(27(16-40)49-36)50-35-32(44)30(42)29(41)20(3)47-35/h6,18-20,22-36,40-45H,7-17H2,1-5H3/t18-,19+,20+,22+,23-,24+,25+,26+,27-,28+,29+,30-,31-,32-,33-,34-,35+,36-,37+,38+,39-/m1/s1. The molecule has 12 heteroatoms. The topological polar surface area (TPSA) is 177 Å². The quantitative estimate of drug-likeness (QED) is 0.229. The van der Waals surface area contributed by atoms with Gasteiger partial charge in [-0.25, -0.2) is 0 Å². The molecule has 0 bridgehead atoms. The van der Waals surface area contributed by atoms with Crippen LogP contribution >= 0.6 is 0 Å². The van der Waals surface area contributed by atoms with Crippen molar-refractivity contribution in [1.82, 2.24) is 0 Å². The van der Waals surface area contributed by atoms with Crippen molar-refractivity contribution >= 4 is 0 Å². The van der Waals surface area contributed by atoms with Crippen molar-refractivity contribution in [1.29, 1.82) is 0 Å². The summed E-state index contributed by atoms with van der Waals surface area (Å²) in [4.78, 5) is 0. The van der Waals surface area contributed by atoms with Gasteiger partial charge >= 0.3 is 0 Å². The average molecular weight is 723 g/mol. The van der Waals surface area contributed by atoms with Gasteiger partial charge < -0.3 is 59.1 Å². The van der Waals surface area contributed by atoms with E-state index in [4.69, 9.17) is 28.4 Å². The molecule has 7 fully saturated rings. The van der Waals surface area contributed by atoms with Crippen molar-refractivity contribution in [2.24, 2.45) is 46.3 Å². The minimum atomic E-state index is -1.61. The summed E-state index contributed by atoms with van der Waals surface area (Å²) in [6.07, 6.45) is -1.53. The van der Waals surface area contributed by atoms with Gasteiger partial charge in [-0.3, -0.25) is 0 Å². The second-order valence-electron chi connectivity index (χ2n) is 18.3. The molecular formula is C39H62O12. The van der Waals surface area contributed by atoms with Crippen LogP contribution in [0, 0.1) is 46.3 Å². The van der Waals surface area contributed by atoms with Crippen LogP contribution in [0.3, 0.4) is 0 Å². The molecule has 1 spiro atoms. The van der Waals surface area contributed by atoms with E-state index in [1.54, 1.807) is 0 Å². The zero-order chi connectivity index (χ0) is 36.2. The van der Waals surface area contributed by atoms with Crippen LogP contribution in [0.1, 0.15) is 92.4 Å². The van der Waals surface area contributed by atoms with E-state index in [9.17, 15) is 30.6 Å². The van der Waals surface area contributed by atoms with E-state index < -0.39 is 73.8 Å². The lowest BCUT2D eigenvalue weighted by Gasteiger charge is -2.58. The lowest BCUT2D eigenvalue weighted by atomic mass is 9.47. The Balaban J connectivity index is 0.915. The van der Waals surface area contributed by atoms with Crippen LogP contribution in [0.15, 0.2) is 11.6 Å². The minimum absolute atomic E-state index is 0.0757. The monoisotopic (exact) mass is 722 g/mol. The van der Waals surface area contributed by atoms with Crippen molar-refractivity contribution in [2.75, 3.05) is 13.2 Å². The number of hydrogen-bond donors (Lipinski definition) is 6. The molecule has 21 atom stereocenters. The van der Waals surface area contributed by atoms with E-state index in [1.807, 2.05) is 0 Å². The molecule has 0 amide bonds. The van der Waals surface area contributed by atoms with Gasteiger partial charge in [-0.05, 0) is 98.7 Å². The number of fused-ring (bicyclic) bond motifs is 7. The van der Waals surface area contributed by atoms with Crippen LogP contribution in [0.25, 0.3) is 0 Å². The first kappa shape index (κ1) is 37.2. The van der Waals surface area contributed by atoms with Gasteiger partial charge in [0.2, 0.25) is 0 Å². The van der Waals surface area contributed by atoms with Gasteiger partial charge in [-0.15, -0.1) is 0 Å². The SMILES string of the molecule is C[C@@H]1CC[C@@]2(OC1)O[C@H]1C[C@H]3[C@@H]4CC=C5C[C@@H](O[C@@H]6O[C@H](CO)[C@@H](O[C@@H]7O[C@@H](C)[C@H](O)[C@@H](O)[C@H]7O)[C@H](O)[C@H]6O)CC[C@]5(C)[C@H]4CC[C@]3(C)[C@H]1[C@@H]2C. The molecule has 8 rings (SSSR count). The predicted octanol–water partition coefficient (Wildman–Crippen LogP) is 2.39. The summed E-state index contributed by atoms with van der Waals surface area (Å²) in [5, 5.41) is 63.1. The Morgan fingerprint density at radius 3 is 2.29 bits per heavy atom.